The number of thiocarbonyl (C=S) groups is 1. The minimum atomic E-state index is 0.455. The van der Waals surface area contributed by atoms with E-state index >= 15 is 0 Å². The molecule has 0 aliphatic heterocycles. The average Bonchev–Trinajstić information content (AvgIpc) is 2.50. The first-order chi connectivity index (χ1) is 10.9. The van der Waals surface area contributed by atoms with Gasteiger partial charge in [0, 0.05) is 11.8 Å². The molecule has 2 aromatic rings. The van der Waals surface area contributed by atoms with E-state index in [1.807, 2.05) is 19.1 Å². The summed E-state index contributed by atoms with van der Waals surface area (Å²) in [5.41, 5.74) is 3.94. The highest BCUT2D eigenvalue weighted by molar-refractivity contribution is 7.80. The summed E-state index contributed by atoms with van der Waals surface area (Å²) in [7, 11) is 3.13. The van der Waals surface area contributed by atoms with Gasteiger partial charge in [-0.1, -0.05) is 29.3 Å². The second-order valence-corrected chi connectivity index (χ2v) is 5.90. The van der Waals surface area contributed by atoms with E-state index in [0.717, 1.165) is 11.3 Å². The van der Waals surface area contributed by atoms with Crippen LogP contribution in [0.25, 0.3) is 0 Å². The van der Waals surface area contributed by atoms with Gasteiger partial charge in [0.05, 0.1) is 24.9 Å². The van der Waals surface area contributed by atoms with Gasteiger partial charge in [-0.15, -0.1) is 0 Å². The third kappa shape index (κ3) is 4.27. The molecule has 23 heavy (non-hydrogen) atoms. The molecule has 0 heterocycles. The van der Waals surface area contributed by atoms with Crippen LogP contribution in [-0.2, 0) is 0 Å². The topological polar surface area (TPSA) is 42.5 Å². The largest absolute Gasteiger partial charge is 0.495 e. The number of ether oxygens (including phenoxy) is 2. The van der Waals surface area contributed by atoms with Gasteiger partial charge in [-0.05, 0) is 43.8 Å². The van der Waals surface area contributed by atoms with Crippen LogP contribution >= 0.6 is 23.8 Å². The van der Waals surface area contributed by atoms with Gasteiger partial charge >= 0.3 is 0 Å². The normalized spacial score (nSPS) is 10.1. The summed E-state index contributed by atoms with van der Waals surface area (Å²) in [6.07, 6.45) is 0. The molecular weight excluding hydrogens is 332 g/mol. The summed E-state index contributed by atoms with van der Waals surface area (Å²) in [6, 6.07) is 9.55. The summed E-state index contributed by atoms with van der Waals surface area (Å²) in [6.45, 7) is 4.08. The van der Waals surface area contributed by atoms with Crippen LogP contribution in [0.3, 0.4) is 0 Å². The molecule has 2 rings (SSSR count). The molecule has 0 saturated heterocycles. The standard InChI is InChI=1S/C17H19ClN2O2S/c1-10-5-6-13(11(2)7-10)19-17(23)20-14-8-12(18)15(21-3)9-16(14)22-4/h5-9H,1-4H3,(H2,19,20,23). The predicted octanol–water partition coefficient (Wildman–Crippen LogP) is 4.78. The average molecular weight is 351 g/mol. The van der Waals surface area contributed by atoms with Crippen LogP contribution in [0, 0.1) is 13.8 Å². The van der Waals surface area contributed by atoms with E-state index < -0.39 is 0 Å². The molecule has 0 aromatic heterocycles. The van der Waals surface area contributed by atoms with Crippen molar-refractivity contribution in [2.24, 2.45) is 0 Å². The van der Waals surface area contributed by atoms with E-state index in [2.05, 4.69) is 23.6 Å². The van der Waals surface area contributed by atoms with E-state index in [1.54, 1.807) is 26.4 Å². The molecule has 0 aliphatic rings. The molecule has 0 aliphatic carbocycles. The lowest BCUT2D eigenvalue weighted by molar-refractivity contribution is 0.396. The molecule has 2 aromatic carbocycles. The number of hydrogen-bond acceptors (Lipinski definition) is 3. The van der Waals surface area contributed by atoms with Crippen molar-refractivity contribution in [2.45, 2.75) is 13.8 Å². The molecule has 0 spiro atoms. The lowest BCUT2D eigenvalue weighted by Crippen LogP contribution is -2.20. The molecule has 122 valence electrons. The Morgan fingerprint density at radius 2 is 1.61 bits per heavy atom. The van der Waals surface area contributed by atoms with Crippen LogP contribution in [0.1, 0.15) is 11.1 Å². The Hall–Kier alpha value is -1.98. The van der Waals surface area contributed by atoms with Gasteiger partial charge in [0.25, 0.3) is 0 Å². The Kier molecular flexibility index (Phi) is 5.69. The minimum absolute atomic E-state index is 0.455. The van der Waals surface area contributed by atoms with Crippen LogP contribution in [0.15, 0.2) is 30.3 Å². The monoisotopic (exact) mass is 350 g/mol. The Morgan fingerprint density at radius 1 is 0.957 bits per heavy atom. The van der Waals surface area contributed by atoms with E-state index in [4.69, 9.17) is 33.3 Å². The van der Waals surface area contributed by atoms with E-state index in [-0.39, 0.29) is 0 Å². The quantitative estimate of drug-likeness (QED) is 0.776. The summed E-state index contributed by atoms with van der Waals surface area (Å²) >= 11 is 11.5. The van der Waals surface area contributed by atoms with Gasteiger partial charge in [0.1, 0.15) is 11.5 Å². The fraction of sp³-hybridized carbons (Fsp3) is 0.235. The first kappa shape index (κ1) is 17.4. The van der Waals surface area contributed by atoms with E-state index in [0.29, 0.717) is 27.3 Å². The molecule has 0 radical (unpaired) electrons. The van der Waals surface area contributed by atoms with Crippen molar-refractivity contribution < 1.29 is 9.47 Å². The Balaban J connectivity index is 2.18. The summed E-state index contributed by atoms with van der Waals surface area (Å²) in [5.74, 6) is 1.14. The maximum absolute atomic E-state index is 6.16. The number of anilines is 2. The molecule has 4 nitrogen and oxygen atoms in total. The zero-order chi connectivity index (χ0) is 17.0. The third-order valence-electron chi connectivity index (χ3n) is 3.35. The van der Waals surface area contributed by atoms with E-state index in [9.17, 15) is 0 Å². The molecule has 2 N–H and O–H groups in total. The molecule has 6 heteroatoms. The van der Waals surface area contributed by atoms with Crippen molar-refractivity contribution in [3.8, 4) is 11.5 Å². The van der Waals surface area contributed by atoms with Crippen LogP contribution in [0.4, 0.5) is 11.4 Å². The summed E-state index contributed by atoms with van der Waals surface area (Å²) in [5, 5.41) is 7.21. The predicted molar refractivity (Wildman–Crippen MR) is 100 cm³/mol. The number of aryl methyl sites for hydroxylation is 2. The Bertz CT molecular complexity index is 735. The van der Waals surface area contributed by atoms with Crippen molar-refractivity contribution in [3.05, 3.63) is 46.5 Å². The first-order valence-electron chi connectivity index (χ1n) is 7.01. The molecule has 0 unspecified atom stereocenters. The second kappa shape index (κ2) is 7.53. The van der Waals surface area contributed by atoms with Gasteiger partial charge in [-0.25, -0.2) is 0 Å². The van der Waals surface area contributed by atoms with Crippen molar-refractivity contribution in [2.75, 3.05) is 24.9 Å². The fourth-order valence-electron chi connectivity index (χ4n) is 2.19. The van der Waals surface area contributed by atoms with Gasteiger partial charge in [0.2, 0.25) is 0 Å². The summed E-state index contributed by atoms with van der Waals surface area (Å²) < 4.78 is 10.5. The number of rotatable bonds is 4. The molecule has 0 bridgehead atoms. The molecular formula is C17H19ClN2O2S. The lowest BCUT2D eigenvalue weighted by atomic mass is 10.1. The van der Waals surface area contributed by atoms with Crippen molar-refractivity contribution >= 4 is 40.3 Å². The zero-order valence-electron chi connectivity index (χ0n) is 13.5. The summed E-state index contributed by atoms with van der Waals surface area (Å²) in [4.78, 5) is 0. The van der Waals surface area contributed by atoms with Crippen molar-refractivity contribution in [1.29, 1.82) is 0 Å². The third-order valence-corrected chi connectivity index (χ3v) is 3.85. The zero-order valence-corrected chi connectivity index (χ0v) is 15.1. The maximum atomic E-state index is 6.16. The van der Waals surface area contributed by atoms with Crippen LogP contribution in [0.5, 0.6) is 11.5 Å². The van der Waals surface area contributed by atoms with Crippen LogP contribution in [0.2, 0.25) is 5.02 Å². The van der Waals surface area contributed by atoms with Gasteiger partial charge in [0.15, 0.2) is 5.11 Å². The molecule has 0 saturated carbocycles. The van der Waals surface area contributed by atoms with Crippen molar-refractivity contribution in [1.82, 2.24) is 0 Å². The highest BCUT2D eigenvalue weighted by Gasteiger charge is 2.11. The fourth-order valence-corrected chi connectivity index (χ4v) is 2.65. The molecule has 0 atom stereocenters. The van der Waals surface area contributed by atoms with Crippen LogP contribution < -0.4 is 20.1 Å². The smallest absolute Gasteiger partial charge is 0.175 e. The second-order valence-electron chi connectivity index (χ2n) is 5.08. The lowest BCUT2D eigenvalue weighted by Gasteiger charge is -2.16. The van der Waals surface area contributed by atoms with Crippen LogP contribution in [-0.4, -0.2) is 19.3 Å². The maximum Gasteiger partial charge on any atom is 0.175 e. The van der Waals surface area contributed by atoms with E-state index in [1.165, 1.54) is 5.56 Å². The number of halogens is 1. The highest BCUT2D eigenvalue weighted by atomic mass is 35.5. The number of methoxy groups -OCH3 is 2. The van der Waals surface area contributed by atoms with Gasteiger partial charge in [-0.2, -0.15) is 0 Å². The van der Waals surface area contributed by atoms with Gasteiger partial charge < -0.3 is 20.1 Å². The minimum Gasteiger partial charge on any atom is -0.495 e. The number of benzene rings is 2. The number of nitrogens with one attached hydrogen (secondary N) is 2. The Morgan fingerprint density at radius 3 is 2.22 bits per heavy atom. The first-order valence-corrected chi connectivity index (χ1v) is 7.80. The SMILES string of the molecule is COc1cc(OC)c(NC(=S)Nc2ccc(C)cc2C)cc1Cl. The van der Waals surface area contributed by atoms with Gasteiger partial charge in [-0.3, -0.25) is 0 Å². The Labute approximate surface area is 146 Å². The number of hydrogen-bond donors (Lipinski definition) is 2. The molecule has 0 amide bonds. The highest BCUT2D eigenvalue weighted by Crippen LogP contribution is 2.36. The molecule has 0 fully saturated rings. The van der Waals surface area contributed by atoms with Crippen molar-refractivity contribution in [3.63, 3.8) is 0 Å².